The molecule has 1 aromatic carbocycles. The minimum atomic E-state index is -0.947. The number of rotatable bonds is 3. The van der Waals surface area contributed by atoms with Crippen molar-refractivity contribution >= 4 is 21.8 Å². The van der Waals surface area contributed by atoms with Crippen molar-refractivity contribution in [3.63, 3.8) is 0 Å². The highest BCUT2D eigenvalue weighted by Crippen LogP contribution is 2.17. The molecule has 4 heteroatoms. The van der Waals surface area contributed by atoms with E-state index in [1.54, 1.807) is 7.05 Å². The maximum Gasteiger partial charge on any atom is 0.251 e. The number of hydrogen-bond acceptors (Lipinski definition) is 2. The Morgan fingerprint density at radius 3 is 2.75 bits per heavy atom. The van der Waals surface area contributed by atoms with Gasteiger partial charge in [-0.25, -0.2) is 0 Å². The highest BCUT2D eigenvalue weighted by atomic mass is 79.9. The summed E-state index contributed by atoms with van der Waals surface area (Å²) in [5.74, 6) is -0.264. The van der Waals surface area contributed by atoms with Crippen molar-refractivity contribution in [2.24, 2.45) is 0 Å². The molecule has 0 aliphatic carbocycles. The van der Waals surface area contributed by atoms with E-state index in [0.29, 0.717) is 6.54 Å². The van der Waals surface area contributed by atoms with E-state index >= 15 is 0 Å². The van der Waals surface area contributed by atoms with Crippen LogP contribution in [0.4, 0.5) is 0 Å². The van der Waals surface area contributed by atoms with Gasteiger partial charge in [0.05, 0.1) is 0 Å². The lowest BCUT2D eigenvalue weighted by Gasteiger charge is -2.20. The molecule has 1 N–H and O–H groups in total. The SMILES string of the molecule is Cc1ccc(Br)cc1CN(C)C(=O)C(C)O. The first-order valence-corrected chi connectivity index (χ1v) is 5.89. The van der Waals surface area contributed by atoms with Crippen molar-refractivity contribution in [2.75, 3.05) is 7.05 Å². The predicted octanol–water partition coefficient (Wildman–Crippen LogP) is 2.10. The number of carbonyl (C=O) groups excluding carboxylic acids is 1. The molecule has 16 heavy (non-hydrogen) atoms. The summed E-state index contributed by atoms with van der Waals surface area (Å²) in [6, 6.07) is 5.95. The molecule has 1 amide bonds. The zero-order chi connectivity index (χ0) is 12.3. The molecule has 0 heterocycles. The van der Waals surface area contributed by atoms with Crippen molar-refractivity contribution in [1.82, 2.24) is 4.90 Å². The minimum Gasteiger partial charge on any atom is -0.384 e. The van der Waals surface area contributed by atoms with E-state index in [-0.39, 0.29) is 5.91 Å². The van der Waals surface area contributed by atoms with Crippen molar-refractivity contribution in [2.45, 2.75) is 26.5 Å². The molecule has 88 valence electrons. The highest BCUT2D eigenvalue weighted by Gasteiger charge is 2.15. The first-order valence-electron chi connectivity index (χ1n) is 5.10. The van der Waals surface area contributed by atoms with Gasteiger partial charge in [0.1, 0.15) is 6.10 Å². The maximum absolute atomic E-state index is 11.5. The van der Waals surface area contributed by atoms with Crippen LogP contribution >= 0.6 is 15.9 Å². The molecule has 0 aliphatic rings. The fourth-order valence-corrected chi connectivity index (χ4v) is 1.87. The molecule has 0 spiro atoms. The molecule has 0 aromatic heterocycles. The number of aliphatic hydroxyl groups is 1. The summed E-state index contributed by atoms with van der Waals surface area (Å²) >= 11 is 3.40. The number of hydrogen-bond donors (Lipinski definition) is 1. The second kappa shape index (κ2) is 5.46. The van der Waals surface area contributed by atoms with Crippen molar-refractivity contribution in [1.29, 1.82) is 0 Å². The van der Waals surface area contributed by atoms with Crippen molar-refractivity contribution in [3.8, 4) is 0 Å². The molecule has 1 unspecified atom stereocenters. The van der Waals surface area contributed by atoms with Crippen LogP contribution in [0, 0.1) is 6.92 Å². The topological polar surface area (TPSA) is 40.5 Å². The Morgan fingerprint density at radius 1 is 1.56 bits per heavy atom. The fraction of sp³-hybridized carbons (Fsp3) is 0.417. The normalized spacial score (nSPS) is 12.3. The molecule has 0 saturated carbocycles. The molecule has 1 atom stereocenters. The third kappa shape index (κ3) is 3.32. The van der Waals surface area contributed by atoms with E-state index in [0.717, 1.165) is 15.6 Å². The van der Waals surface area contributed by atoms with Gasteiger partial charge in [0.2, 0.25) is 0 Å². The number of amides is 1. The van der Waals surface area contributed by atoms with E-state index < -0.39 is 6.10 Å². The van der Waals surface area contributed by atoms with E-state index in [4.69, 9.17) is 0 Å². The third-order valence-electron chi connectivity index (χ3n) is 2.45. The summed E-state index contributed by atoms with van der Waals surface area (Å²) in [6.07, 6.45) is -0.947. The average molecular weight is 286 g/mol. The van der Waals surface area contributed by atoms with Crippen LogP contribution in [0.3, 0.4) is 0 Å². The Bertz CT molecular complexity index is 391. The summed E-state index contributed by atoms with van der Waals surface area (Å²) in [4.78, 5) is 13.0. The van der Waals surface area contributed by atoms with Crippen LogP contribution in [0.25, 0.3) is 0 Å². The standard InChI is InChI=1S/C12H16BrNO2/c1-8-4-5-11(13)6-10(8)7-14(3)12(16)9(2)15/h4-6,9,15H,7H2,1-3H3. The molecule has 1 aromatic rings. The third-order valence-corrected chi connectivity index (χ3v) is 2.95. The van der Waals surface area contributed by atoms with Gasteiger partial charge in [-0.05, 0) is 37.1 Å². The molecule has 0 saturated heterocycles. The van der Waals surface area contributed by atoms with Crippen LogP contribution in [-0.2, 0) is 11.3 Å². The van der Waals surface area contributed by atoms with Gasteiger partial charge in [-0.1, -0.05) is 22.0 Å². The van der Waals surface area contributed by atoms with Crippen molar-refractivity contribution in [3.05, 3.63) is 33.8 Å². The average Bonchev–Trinajstić information content (AvgIpc) is 2.22. The molecule has 1 rings (SSSR count). The van der Waals surface area contributed by atoms with E-state index in [9.17, 15) is 9.90 Å². The molecular weight excluding hydrogens is 270 g/mol. The first-order chi connectivity index (χ1) is 7.41. The number of aliphatic hydroxyl groups excluding tert-OH is 1. The number of carbonyl (C=O) groups is 1. The van der Waals surface area contributed by atoms with Crippen LogP contribution < -0.4 is 0 Å². The maximum atomic E-state index is 11.5. The van der Waals surface area contributed by atoms with E-state index in [1.807, 2.05) is 25.1 Å². The zero-order valence-electron chi connectivity index (χ0n) is 9.70. The summed E-state index contributed by atoms with van der Waals surface area (Å²) in [5, 5.41) is 9.19. The Morgan fingerprint density at radius 2 is 2.19 bits per heavy atom. The number of likely N-dealkylation sites (N-methyl/N-ethyl adjacent to an activating group) is 1. The summed E-state index contributed by atoms with van der Waals surface area (Å²) in [5.41, 5.74) is 2.21. The number of aryl methyl sites for hydroxylation is 1. The predicted molar refractivity (Wildman–Crippen MR) is 67.0 cm³/mol. The van der Waals surface area contributed by atoms with Gasteiger partial charge in [-0.2, -0.15) is 0 Å². The van der Waals surface area contributed by atoms with Gasteiger partial charge in [0.15, 0.2) is 0 Å². The lowest BCUT2D eigenvalue weighted by Crippen LogP contribution is -2.34. The fourth-order valence-electron chi connectivity index (χ4n) is 1.46. The van der Waals surface area contributed by atoms with Gasteiger partial charge < -0.3 is 10.0 Å². The highest BCUT2D eigenvalue weighted by molar-refractivity contribution is 9.10. The molecule has 0 aliphatic heterocycles. The molecule has 0 fully saturated rings. The lowest BCUT2D eigenvalue weighted by atomic mass is 10.1. The van der Waals surface area contributed by atoms with Gasteiger partial charge in [-0.15, -0.1) is 0 Å². The van der Waals surface area contributed by atoms with Gasteiger partial charge >= 0.3 is 0 Å². The van der Waals surface area contributed by atoms with E-state index in [1.165, 1.54) is 11.8 Å². The molecule has 0 bridgehead atoms. The van der Waals surface area contributed by atoms with Crippen LogP contribution in [0.2, 0.25) is 0 Å². The number of halogens is 1. The monoisotopic (exact) mass is 285 g/mol. The van der Waals surface area contributed by atoms with Gasteiger partial charge in [0.25, 0.3) is 5.91 Å². The Hall–Kier alpha value is -0.870. The van der Waals surface area contributed by atoms with Gasteiger partial charge in [0, 0.05) is 18.1 Å². The zero-order valence-corrected chi connectivity index (χ0v) is 11.3. The summed E-state index contributed by atoms with van der Waals surface area (Å²) in [6.45, 7) is 3.99. The Balaban J connectivity index is 2.80. The molecule has 0 radical (unpaired) electrons. The molecular formula is C12H16BrNO2. The lowest BCUT2D eigenvalue weighted by molar-refractivity contribution is -0.138. The summed E-state index contributed by atoms with van der Waals surface area (Å²) < 4.78 is 0.992. The first kappa shape index (κ1) is 13.2. The van der Waals surface area contributed by atoms with Gasteiger partial charge in [-0.3, -0.25) is 4.79 Å². The molecule has 3 nitrogen and oxygen atoms in total. The Kier molecular flexibility index (Phi) is 4.50. The number of benzene rings is 1. The number of nitrogens with zero attached hydrogens (tertiary/aromatic N) is 1. The second-order valence-electron chi connectivity index (χ2n) is 3.94. The van der Waals surface area contributed by atoms with Crippen LogP contribution in [0.5, 0.6) is 0 Å². The van der Waals surface area contributed by atoms with Crippen molar-refractivity contribution < 1.29 is 9.90 Å². The van der Waals surface area contributed by atoms with E-state index in [2.05, 4.69) is 15.9 Å². The Labute approximate surface area is 104 Å². The van der Waals surface area contributed by atoms with Crippen LogP contribution in [0.1, 0.15) is 18.1 Å². The quantitative estimate of drug-likeness (QED) is 0.924. The van der Waals surface area contributed by atoms with Crippen LogP contribution in [-0.4, -0.2) is 29.1 Å². The summed E-state index contributed by atoms with van der Waals surface area (Å²) in [7, 11) is 1.69. The largest absolute Gasteiger partial charge is 0.384 e. The smallest absolute Gasteiger partial charge is 0.251 e. The second-order valence-corrected chi connectivity index (χ2v) is 4.86. The minimum absolute atomic E-state index is 0.264. The van der Waals surface area contributed by atoms with Crippen LogP contribution in [0.15, 0.2) is 22.7 Å².